The first-order valence-corrected chi connectivity index (χ1v) is 9.41. The number of guanidine groups is 1. The smallest absolute Gasteiger partial charge is 0.269 e. The number of halogens is 1. The molecule has 25 heavy (non-hydrogen) atoms. The summed E-state index contributed by atoms with van der Waals surface area (Å²) in [5.74, 6) is 0.561. The molecule has 0 heterocycles. The van der Waals surface area contributed by atoms with Crippen LogP contribution < -0.4 is 15.4 Å². The number of nitrogens with one attached hydrogen (secondary N) is 3. The van der Waals surface area contributed by atoms with Gasteiger partial charge < -0.3 is 10.6 Å². The number of hydrogen-bond acceptors (Lipinski definition) is 5. The molecular weight excluding hydrogens is 461 g/mol. The van der Waals surface area contributed by atoms with E-state index in [1.54, 1.807) is 12.1 Å². The van der Waals surface area contributed by atoms with E-state index >= 15 is 0 Å². The molecule has 0 radical (unpaired) electrons. The van der Waals surface area contributed by atoms with Crippen molar-refractivity contribution in [2.75, 3.05) is 25.9 Å². The molecule has 9 nitrogen and oxygen atoms in total. The summed E-state index contributed by atoms with van der Waals surface area (Å²) in [7, 11) is -3.21. The highest BCUT2D eigenvalue weighted by atomic mass is 127. The Balaban J connectivity index is 0.00000576. The quantitative estimate of drug-likeness (QED) is 0.121. The minimum Gasteiger partial charge on any atom is -0.356 e. The molecule has 0 saturated heterocycles. The summed E-state index contributed by atoms with van der Waals surface area (Å²) in [5.41, 5.74) is 0.879. The maximum Gasteiger partial charge on any atom is 0.269 e. The van der Waals surface area contributed by atoms with Crippen LogP contribution in [-0.2, 0) is 16.6 Å². The first-order valence-electron chi connectivity index (χ1n) is 7.52. The molecule has 1 aromatic rings. The average molecular weight is 485 g/mol. The Morgan fingerprint density at radius 1 is 1.16 bits per heavy atom. The first kappa shape index (κ1) is 23.5. The lowest BCUT2D eigenvalue weighted by Gasteiger charge is -2.12. The summed E-state index contributed by atoms with van der Waals surface area (Å²) in [5, 5.41) is 16.8. The van der Waals surface area contributed by atoms with Gasteiger partial charge in [-0.05, 0) is 12.0 Å². The molecule has 0 atom stereocenters. The molecule has 3 N–H and O–H groups in total. The monoisotopic (exact) mass is 485 g/mol. The van der Waals surface area contributed by atoms with Crippen molar-refractivity contribution in [1.29, 1.82) is 0 Å². The highest BCUT2D eigenvalue weighted by molar-refractivity contribution is 14.0. The molecule has 0 unspecified atom stereocenters. The number of benzene rings is 1. The average Bonchev–Trinajstić information content (AvgIpc) is 2.52. The Morgan fingerprint density at radius 2 is 1.76 bits per heavy atom. The van der Waals surface area contributed by atoms with E-state index in [0.29, 0.717) is 19.0 Å². The summed E-state index contributed by atoms with van der Waals surface area (Å²) in [6, 6.07) is 6.19. The second-order valence-corrected chi connectivity index (χ2v) is 6.94. The van der Waals surface area contributed by atoms with Crippen LogP contribution in [0.25, 0.3) is 0 Å². The second-order valence-electron chi connectivity index (χ2n) is 5.11. The summed E-state index contributed by atoms with van der Waals surface area (Å²) < 4.78 is 24.4. The van der Waals surface area contributed by atoms with Crippen molar-refractivity contribution < 1.29 is 13.3 Å². The maximum atomic E-state index is 11.0. The lowest BCUT2D eigenvalue weighted by atomic mass is 10.2. The topological polar surface area (TPSA) is 126 Å². The van der Waals surface area contributed by atoms with Crippen LogP contribution >= 0.6 is 24.0 Å². The number of nitro benzene ring substituents is 1. The Hall–Kier alpha value is -1.47. The molecule has 0 spiro atoms. The van der Waals surface area contributed by atoms with Gasteiger partial charge in [0.15, 0.2) is 5.96 Å². The highest BCUT2D eigenvalue weighted by Crippen LogP contribution is 2.12. The predicted octanol–water partition coefficient (Wildman–Crippen LogP) is 1.21. The lowest BCUT2D eigenvalue weighted by molar-refractivity contribution is -0.384. The molecule has 0 aliphatic heterocycles. The third-order valence-corrected chi connectivity index (χ3v) is 3.62. The molecule has 0 amide bonds. The fraction of sp³-hybridized carbons (Fsp3) is 0.500. The minimum atomic E-state index is -3.21. The third kappa shape index (κ3) is 10.9. The number of nitro groups is 1. The van der Waals surface area contributed by atoms with E-state index in [-0.39, 0.29) is 36.2 Å². The Labute approximate surface area is 164 Å². The van der Waals surface area contributed by atoms with Crippen molar-refractivity contribution >= 4 is 45.6 Å². The van der Waals surface area contributed by atoms with Crippen LogP contribution in [0, 0.1) is 10.1 Å². The number of hydrogen-bond donors (Lipinski definition) is 3. The van der Waals surface area contributed by atoms with Crippen LogP contribution in [0.3, 0.4) is 0 Å². The Bertz CT molecular complexity index is 664. The van der Waals surface area contributed by atoms with Crippen LogP contribution in [0.15, 0.2) is 29.3 Å². The summed E-state index contributed by atoms with van der Waals surface area (Å²) in [6.45, 7) is 3.75. The van der Waals surface area contributed by atoms with Crippen molar-refractivity contribution in [3.63, 3.8) is 0 Å². The third-order valence-electron chi connectivity index (χ3n) is 2.89. The van der Waals surface area contributed by atoms with E-state index in [9.17, 15) is 18.5 Å². The van der Waals surface area contributed by atoms with E-state index in [1.165, 1.54) is 12.1 Å². The van der Waals surface area contributed by atoms with Gasteiger partial charge in [-0.25, -0.2) is 18.1 Å². The van der Waals surface area contributed by atoms with Crippen LogP contribution in [0.1, 0.15) is 18.9 Å². The molecule has 0 aromatic heterocycles. The maximum absolute atomic E-state index is 11.0. The van der Waals surface area contributed by atoms with E-state index in [4.69, 9.17) is 0 Å². The Morgan fingerprint density at radius 3 is 2.28 bits per heavy atom. The fourth-order valence-electron chi connectivity index (χ4n) is 1.73. The normalized spacial score (nSPS) is 11.5. The SMILES string of the molecule is CCCNC(=NCc1ccc([N+](=O)[O-])cc1)NCCNS(C)(=O)=O.I. The predicted molar refractivity (Wildman–Crippen MR) is 109 cm³/mol. The van der Waals surface area contributed by atoms with Gasteiger partial charge in [0.05, 0.1) is 17.7 Å². The van der Waals surface area contributed by atoms with Gasteiger partial charge in [-0.15, -0.1) is 24.0 Å². The van der Waals surface area contributed by atoms with E-state index in [2.05, 4.69) is 20.3 Å². The molecular formula is C14H24IN5O4S. The molecule has 0 fully saturated rings. The van der Waals surface area contributed by atoms with E-state index in [1.807, 2.05) is 6.92 Å². The highest BCUT2D eigenvalue weighted by Gasteiger charge is 2.04. The van der Waals surface area contributed by atoms with Crippen LogP contribution in [0.4, 0.5) is 5.69 Å². The number of rotatable bonds is 9. The van der Waals surface area contributed by atoms with Crippen LogP contribution in [0.2, 0.25) is 0 Å². The zero-order valence-electron chi connectivity index (χ0n) is 14.2. The molecule has 0 aliphatic rings. The van der Waals surface area contributed by atoms with Crippen molar-refractivity contribution in [2.24, 2.45) is 4.99 Å². The standard InChI is InChI=1S/C14H23N5O4S.HI/c1-3-8-15-14(16-9-10-18-24(2,22)23)17-11-12-4-6-13(7-5-12)19(20)21;/h4-7,18H,3,8-11H2,1-2H3,(H2,15,16,17);1H. The molecule has 0 bridgehead atoms. The van der Waals surface area contributed by atoms with Gasteiger partial charge in [0.1, 0.15) is 0 Å². The van der Waals surface area contributed by atoms with Crippen molar-refractivity contribution in [2.45, 2.75) is 19.9 Å². The second kappa shape index (κ2) is 12.0. The molecule has 11 heteroatoms. The van der Waals surface area contributed by atoms with Crippen molar-refractivity contribution in [1.82, 2.24) is 15.4 Å². The van der Waals surface area contributed by atoms with Gasteiger partial charge in [0.25, 0.3) is 5.69 Å². The lowest BCUT2D eigenvalue weighted by Crippen LogP contribution is -2.41. The van der Waals surface area contributed by atoms with E-state index in [0.717, 1.165) is 24.8 Å². The molecule has 0 saturated carbocycles. The number of non-ortho nitro benzene ring substituents is 1. The first-order chi connectivity index (χ1) is 11.3. The molecule has 1 aromatic carbocycles. The van der Waals surface area contributed by atoms with Gasteiger partial charge in [-0.2, -0.15) is 0 Å². The zero-order chi connectivity index (χ0) is 18.0. The number of sulfonamides is 1. The summed E-state index contributed by atoms with van der Waals surface area (Å²) in [4.78, 5) is 14.6. The van der Waals surface area contributed by atoms with Gasteiger partial charge in [-0.1, -0.05) is 19.1 Å². The summed E-state index contributed by atoms with van der Waals surface area (Å²) >= 11 is 0. The largest absolute Gasteiger partial charge is 0.356 e. The van der Waals surface area contributed by atoms with Crippen molar-refractivity contribution in [3.8, 4) is 0 Å². The van der Waals surface area contributed by atoms with Crippen LogP contribution in [-0.4, -0.2) is 45.2 Å². The number of nitrogens with zero attached hydrogens (tertiary/aromatic N) is 2. The molecule has 1 rings (SSSR count). The minimum absolute atomic E-state index is 0. The van der Waals surface area contributed by atoms with Crippen LogP contribution in [0.5, 0.6) is 0 Å². The molecule has 0 aliphatic carbocycles. The number of aliphatic imine (C=N–C) groups is 1. The Kier molecular flexibility index (Phi) is 11.3. The van der Waals surface area contributed by atoms with Gasteiger partial charge in [-0.3, -0.25) is 10.1 Å². The molecule has 142 valence electrons. The van der Waals surface area contributed by atoms with E-state index < -0.39 is 14.9 Å². The van der Waals surface area contributed by atoms with Gasteiger partial charge >= 0.3 is 0 Å². The zero-order valence-corrected chi connectivity index (χ0v) is 17.3. The summed E-state index contributed by atoms with van der Waals surface area (Å²) in [6.07, 6.45) is 2.02. The fourth-order valence-corrected chi connectivity index (χ4v) is 2.20. The van der Waals surface area contributed by atoms with Crippen molar-refractivity contribution in [3.05, 3.63) is 39.9 Å². The van der Waals surface area contributed by atoms with Gasteiger partial charge in [0, 0.05) is 31.8 Å². The van der Waals surface area contributed by atoms with Gasteiger partial charge in [0.2, 0.25) is 10.0 Å².